The molecule has 0 spiro atoms. The summed E-state index contributed by atoms with van der Waals surface area (Å²) in [5, 5.41) is 7.12. The molecule has 0 aromatic carbocycles. The number of carbonyl (C=O) groups excluding carboxylic acids is 1. The Morgan fingerprint density at radius 1 is 1.52 bits per heavy atom. The zero-order valence-electron chi connectivity index (χ0n) is 12.7. The van der Waals surface area contributed by atoms with E-state index in [1.165, 1.54) is 6.08 Å². The maximum Gasteiger partial charge on any atom is 0.490 e. The fraction of sp³-hybridized carbons (Fsp3) is 0.467. The minimum absolute atomic E-state index is 0.0371. The van der Waals surface area contributed by atoms with Crippen LogP contribution in [0.2, 0.25) is 0 Å². The molecule has 0 bridgehead atoms. The van der Waals surface area contributed by atoms with E-state index >= 15 is 0 Å². The van der Waals surface area contributed by atoms with E-state index in [0.717, 1.165) is 18.4 Å². The maximum atomic E-state index is 11.5. The topological polar surface area (TPSA) is 89.6 Å². The summed E-state index contributed by atoms with van der Waals surface area (Å²) in [5.41, 5.74) is 6.95. The van der Waals surface area contributed by atoms with Crippen molar-refractivity contribution in [3.8, 4) is 0 Å². The second-order valence-electron chi connectivity index (χ2n) is 4.71. The van der Waals surface area contributed by atoms with Crippen LogP contribution in [0.15, 0.2) is 36.1 Å². The predicted octanol–water partition coefficient (Wildman–Crippen LogP) is 2.73. The lowest BCUT2D eigenvalue weighted by molar-refractivity contribution is -0.192. The van der Waals surface area contributed by atoms with Gasteiger partial charge >= 0.3 is 12.1 Å². The summed E-state index contributed by atoms with van der Waals surface area (Å²) in [6.07, 6.45) is 2.30. The smallest absolute Gasteiger partial charge is 0.489 e. The standard InChI is InChI=1S/C13H19NO2.C2HF3O2/c1-3-5-13(14)10-7-11(15)9-12(8-10)16-6-4-2;3-2(4,5)1(6)7/h4,8-9,13H,2-3,5-7,14H2,1H3;(H,6,7)/t13-;/m1./s1. The van der Waals surface area contributed by atoms with Crippen molar-refractivity contribution in [1.29, 1.82) is 0 Å². The highest BCUT2D eigenvalue weighted by atomic mass is 19.4. The summed E-state index contributed by atoms with van der Waals surface area (Å²) >= 11 is 0. The van der Waals surface area contributed by atoms with Crippen LogP contribution in [0.25, 0.3) is 0 Å². The molecule has 0 fully saturated rings. The second kappa shape index (κ2) is 9.83. The number of carboxylic acid groups (broad SMARTS) is 1. The molecule has 0 aromatic heterocycles. The van der Waals surface area contributed by atoms with Crippen LogP contribution in [-0.2, 0) is 14.3 Å². The van der Waals surface area contributed by atoms with E-state index in [9.17, 15) is 18.0 Å². The van der Waals surface area contributed by atoms with E-state index in [1.54, 1.807) is 6.08 Å². The molecule has 0 saturated heterocycles. The Kier molecular flexibility index (Phi) is 8.94. The molecule has 5 nitrogen and oxygen atoms in total. The van der Waals surface area contributed by atoms with E-state index in [1.807, 2.05) is 6.08 Å². The first-order valence-electron chi connectivity index (χ1n) is 6.86. The summed E-state index contributed by atoms with van der Waals surface area (Å²) in [6.45, 7) is 6.05. The molecule has 1 aliphatic rings. The van der Waals surface area contributed by atoms with Gasteiger partial charge in [0.05, 0.1) is 0 Å². The third-order valence-electron chi connectivity index (χ3n) is 2.70. The number of ketones is 1. The first kappa shape index (κ1) is 20.9. The lowest BCUT2D eigenvalue weighted by Crippen LogP contribution is -2.25. The van der Waals surface area contributed by atoms with Gasteiger partial charge in [-0.1, -0.05) is 26.0 Å². The average molecular weight is 335 g/mol. The van der Waals surface area contributed by atoms with Crippen LogP contribution in [0.1, 0.15) is 26.2 Å². The number of rotatable bonds is 6. The van der Waals surface area contributed by atoms with Gasteiger partial charge in [-0.05, 0) is 18.1 Å². The molecule has 3 N–H and O–H groups in total. The molecule has 0 aliphatic heterocycles. The lowest BCUT2D eigenvalue weighted by Gasteiger charge is -2.18. The first-order chi connectivity index (χ1) is 10.6. The molecule has 0 heterocycles. The third kappa shape index (κ3) is 8.82. The van der Waals surface area contributed by atoms with Gasteiger partial charge in [0.25, 0.3) is 0 Å². The Morgan fingerprint density at radius 2 is 2.09 bits per heavy atom. The Morgan fingerprint density at radius 3 is 2.52 bits per heavy atom. The minimum atomic E-state index is -5.08. The molecular formula is C15H20F3NO4. The summed E-state index contributed by atoms with van der Waals surface area (Å²) in [4.78, 5) is 20.4. The third-order valence-corrected chi connectivity index (χ3v) is 2.70. The van der Waals surface area contributed by atoms with Crippen LogP contribution in [-0.4, -0.2) is 35.7 Å². The molecule has 130 valence electrons. The number of allylic oxidation sites excluding steroid dienone is 2. The highest BCUT2D eigenvalue weighted by Gasteiger charge is 2.38. The van der Waals surface area contributed by atoms with Crippen LogP contribution in [0, 0.1) is 0 Å². The van der Waals surface area contributed by atoms with Gasteiger partial charge < -0.3 is 15.6 Å². The summed E-state index contributed by atoms with van der Waals surface area (Å²) in [5.74, 6) is -2.10. The molecule has 0 unspecified atom stereocenters. The van der Waals surface area contributed by atoms with E-state index in [2.05, 4.69) is 13.5 Å². The zero-order chi connectivity index (χ0) is 18.0. The van der Waals surface area contributed by atoms with Gasteiger partial charge in [-0.2, -0.15) is 13.2 Å². The van der Waals surface area contributed by atoms with Gasteiger partial charge in [-0.25, -0.2) is 4.79 Å². The van der Waals surface area contributed by atoms with Crippen molar-refractivity contribution in [2.45, 2.75) is 38.4 Å². The Labute approximate surface area is 132 Å². The van der Waals surface area contributed by atoms with Gasteiger partial charge in [0.15, 0.2) is 5.78 Å². The molecule has 1 rings (SSSR count). The number of halogens is 3. The van der Waals surface area contributed by atoms with E-state index < -0.39 is 12.1 Å². The van der Waals surface area contributed by atoms with Crippen molar-refractivity contribution in [2.75, 3.05) is 6.61 Å². The van der Waals surface area contributed by atoms with Crippen molar-refractivity contribution in [2.24, 2.45) is 5.73 Å². The SMILES string of the molecule is C=CCOC1=CC(=O)CC([C@H](N)CCC)=C1.O=C(O)C(F)(F)F. The van der Waals surface area contributed by atoms with E-state index in [-0.39, 0.29) is 11.8 Å². The molecule has 0 aromatic rings. The van der Waals surface area contributed by atoms with Crippen molar-refractivity contribution in [3.05, 3.63) is 36.1 Å². The number of hydrogen-bond donors (Lipinski definition) is 2. The molecule has 1 atom stereocenters. The van der Waals surface area contributed by atoms with Crippen LogP contribution in [0.4, 0.5) is 13.2 Å². The second-order valence-corrected chi connectivity index (χ2v) is 4.71. The molecule has 0 amide bonds. The van der Waals surface area contributed by atoms with Crippen molar-refractivity contribution in [3.63, 3.8) is 0 Å². The molecule has 0 saturated carbocycles. The van der Waals surface area contributed by atoms with Crippen LogP contribution >= 0.6 is 0 Å². The first-order valence-corrected chi connectivity index (χ1v) is 6.86. The molecule has 23 heavy (non-hydrogen) atoms. The highest BCUT2D eigenvalue weighted by Crippen LogP contribution is 2.20. The molecule has 8 heteroatoms. The normalized spacial score (nSPS) is 15.6. The average Bonchev–Trinajstić information content (AvgIpc) is 2.44. The highest BCUT2D eigenvalue weighted by molar-refractivity contribution is 5.93. The lowest BCUT2D eigenvalue weighted by atomic mass is 9.94. The Hall–Kier alpha value is -2.09. The minimum Gasteiger partial charge on any atom is -0.489 e. The maximum absolute atomic E-state index is 11.5. The van der Waals surface area contributed by atoms with Crippen molar-refractivity contribution >= 4 is 11.8 Å². The number of ether oxygens (including phenoxy) is 1. The summed E-state index contributed by atoms with van der Waals surface area (Å²) in [6, 6.07) is -0.0371. The molecule has 0 radical (unpaired) electrons. The van der Waals surface area contributed by atoms with Gasteiger partial charge in [0.1, 0.15) is 12.4 Å². The van der Waals surface area contributed by atoms with Crippen LogP contribution < -0.4 is 5.73 Å². The van der Waals surface area contributed by atoms with Crippen LogP contribution in [0.3, 0.4) is 0 Å². The van der Waals surface area contributed by atoms with E-state index in [0.29, 0.717) is 18.8 Å². The summed E-state index contributed by atoms with van der Waals surface area (Å²) < 4.78 is 37.1. The largest absolute Gasteiger partial charge is 0.490 e. The molecule has 1 aliphatic carbocycles. The molecular weight excluding hydrogens is 315 g/mol. The number of carbonyl (C=O) groups is 2. The predicted molar refractivity (Wildman–Crippen MR) is 78.5 cm³/mol. The fourth-order valence-electron chi connectivity index (χ4n) is 1.66. The van der Waals surface area contributed by atoms with Crippen LogP contribution in [0.5, 0.6) is 0 Å². The van der Waals surface area contributed by atoms with Gasteiger partial charge in [-0.3, -0.25) is 4.79 Å². The summed E-state index contributed by atoms with van der Waals surface area (Å²) in [7, 11) is 0. The van der Waals surface area contributed by atoms with Crippen molar-refractivity contribution < 1.29 is 32.6 Å². The Bertz CT molecular complexity index is 495. The number of hydrogen-bond acceptors (Lipinski definition) is 4. The number of alkyl halides is 3. The van der Waals surface area contributed by atoms with Gasteiger partial charge in [0.2, 0.25) is 0 Å². The van der Waals surface area contributed by atoms with Gasteiger partial charge in [0, 0.05) is 18.5 Å². The monoisotopic (exact) mass is 335 g/mol. The quantitative estimate of drug-likeness (QED) is 0.729. The fourth-order valence-corrected chi connectivity index (χ4v) is 1.66. The zero-order valence-corrected chi connectivity index (χ0v) is 12.7. The van der Waals surface area contributed by atoms with E-state index in [4.69, 9.17) is 20.4 Å². The Balaban J connectivity index is 0.000000585. The number of carboxylic acids is 1. The number of nitrogens with two attached hydrogens (primary N) is 1. The van der Waals surface area contributed by atoms with Gasteiger partial charge in [-0.15, -0.1) is 0 Å². The van der Waals surface area contributed by atoms with Crippen molar-refractivity contribution in [1.82, 2.24) is 0 Å². The number of aliphatic carboxylic acids is 1.